The summed E-state index contributed by atoms with van der Waals surface area (Å²) in [6.45, 7) is 5.18. The van der Waals surface area contributed by atoms with Crippen LogP contribution in [0.4, 0.5) is 0 Å². The third-order valence-corrected chi connectivity index (χ3v) is 4.05. The SMILES string of the molecule is CCNCCc1nnc(-c2cccc3c2OCCO3)s1. The predicted octanol–water partition coefficient (Wildman–Crippen LogP) is 2.13. The quantitative estimate of drug-likeness (QED) is 0.855. The molecule has 0 spiro atoms. The second-order valence-electron chi connectivity index (χ2n) is 4.43. The largest absolute Gasteiger partial charge is 0.486 e. The number of para-hydroxylation sites is 1. The van der Waals surface area contributed by atoms with Gasteiger partial charge in [0.05, 0.1) is 5.56 Å². The molecule has 1 aromatic heterocycles. The van der Waals surface area contributed by atoms with Gasteiger partial charge in [0.15, 0.2) is 16.5 Å². The molecular weight excluding hydrogens is 274 g/mol. The summed E-state index contributed by atoms with van der Waals surface area (Å²) in [4.78, 5) is 0. The fraction of sp³-hybridized carbons (Fsp3) is 0.429. The Morgan fingerprint density at radius 2 is 2.15 bits per heavy atom. The fourth-order valence-electron chi connectivity index (χ4n) is 2.08. The maximum atomic E-state index is 5.72. The highest BCUT2D eigenvalue weighted by Crippen LogP contribution is 2.40. The third-order valence-electron chi connectivity index (χ3n) is 3.03. The lowest BCUT2D eigenvalue weighted by Gasteiger charge is -2.19. The van der Waals surface area contributed by atoms with Crippen LogP contribution in [-0.4, -0.2) is 36.5 Å². The molecule has 2 aromatic rings. The molecule has 0 atom stereocenters. The highest BCUT2D eigenvalue weighted by atomic mass is 32.1. The van der Waals surface area contributed by atoms with Gasteiger partial charge < -0.3 is 14.8 Å². The molecule has 5 nitrogen and oxygen atoms in total. The van der Waals surface area contributed by atoms with Crippen molar-refractivity contribution in [3.05, 3.63) is 23.2 Å². The molecule has 0 amide bonds. The van der Waals surface area contributed by atoms with Gasteiger partial charge in [-0.15, -0.1) is 10.2 Å². The number of nitrogens with one attached hydrogen (secondary N) is 1. The standard InChI is InChI=1S/C14H17N3O2S/c1-2-15-7-6-12-16-17-14(20-12)10-4-3-5-11-13(10)19-9-8-18-11/h3-5,15H,2,6-9H2,1H3. The number of benzene rings is 1. The molecule has 0 fully saturated rings. The minimum atomic E-state index is 0.579. The highest BCUT2D eigenvalue weighted by Gasteiger charge is 2.19. The Balaban J connectivity index is 1.82. The van der Waals surface area contributed by atoms with E-state index in [-0.39, 0.29) is 0 Å². The normalized spacial score (nSPS) is 13.4. The third kappa shape index (κ3) is 2.76. The van der Waals surface area contributed by atoms with Crippen LogP contribution < -0.4 is 14.8 Å². The van der Waals surface area contributed by atoms with E-state index in [1.165, 1.54) is 0 Å². The van der Waals surface area contributed by atoms with E-state index in [0.29, 0.717) is 13.2 Å². The fourth-order valence-corrected chi connectivity index (χ4v) is 2.94. The Hall–Kier alpha value is -1.66. The van der Waals surface area contributed by atoms with Crippen molar-refractivity contribution in [2.24, 2.45) is 0 Å². The molecule has 0 saturated heterocycles. The van der Waals surface area contributed by atoms with Gasteiger partial charge >= 0.3 is 0 Å². The van der Waals surface area contributed by atoms with Crippen LogP contribution in [0.5, 0.6) is 11.5 Å². The molecule has 0 radical (unpaired) electrons. The Morgan fingerprint density at radius 3 is 3.05 bits per heavy atom. The minimum absolute atomic E-state index is 0.579. The molecule has 0 aliphatic carbocycles. The van der Waals surface area contributed by atoms with Crippen molar-refractivity contribution in [1.29, 1.82) is 0 Å². The van der Waals surface area contributed by atoms with Gasteiger partial charge in [0.2, 0.25) is 0 Å². The second-order valence-corrected chi connectivity index (χ2v) is 5.50. The van der Waals surface area contributed by atoms with E-state index in [2.05, 4.69) is 22.4 Å². The maximum absolute atomic E-state index is 5.72. The lowest BCUT2D eigenvalue weighted by Crippen LogP contribution is -2.15. The van der Waals surface area contributed by atoms with Gasteiger partial charge in [0.25, 0.3) is 0 Å². The van der Waals surface area contributed by atoms with Crippen LogP contribution in [0.2, 0.25) is 0 Å². The van der Waals surface area contributed by atoms with Crippen LogP contribution >= 0.6 is 11.3 Å². The molecule has 2 heterocycles. The minimum Gasteiger partial charge on any atom is -0.486 e. The molecule has 1 aromatic carbocycles. The van der Waals surface area contributed by atoms with E-state index >= 15 is 0 Å². The average Bonchev–Trinajstić information content (AvgIpc) is 2.96. The van der Waals surface area contributed by atoms with E-state index in [1.54, 1.807) is 11.3 Å². The summed E-state index contributed by atoms with van der Waals surface area (Å²) in [5.74, 6) is 1.58. The molecule has 3 rings (SSSR count). The molecule has 1 aliphatic rings. The Kier molecular flexibility index (Phi) is 4.13. The number of hydrogen-bond donors (Lipinski definition) is 1. The van der Waals surface area contributed by atoms with Crippen LogP contribution in [0.15, 0.2) is 18.2 Å². The summed E-state index contributed by atoms with van der Waals surface area (Å²) in [7, 11) is 0. The van der Waals surface area contributed by atoms with Gasteiger partial charge in [-0.1, -0.05) is 24.3 Å². The molecular formula is C14H17N3O2S. The van der Waals surface area contributed by atoms with E-state index in [1.807, 2.05) is 18.2 Å². The molecule has 0 saturated carbocycles. The molecule has 1 N–H and O–H groups in total. The zero-order valence-electron chi connectivity index (χ0n) is 11.4. The van der Waals surface area contributed by atoms with Gasteiger partial charge in [0.1, 0.15) is 18.2 Å². The number of ether oxygens (including phenoxy) is 2. The van der Waals surface area contributed by atoms with Crippen molar-refractivity contribution in [2.75, 3.05) is 26.3 Å². The lowest BCUT2D eigenvalue weighted by molar-refractivity contribution is 0.172. The number of likely N-dealkylation sites (N-methyl/N-ethyl adjacent to an activating group) is 1. The predicted molar refractivity (Wildman–Crippen MR) is 78.6 cm³/mol. The second kappa shape index (κ2) is 6.19. The Bertz CT molecular complexity index is 586. The molecule has 1 aliphatic heterocycles. The number of rotatable bonds is 5. The Labute approximate surface area is 121 Å². The van der Waals surface area contributed by atoms with E-state index in [0.717, 1.165) is 46.6 Å². The summed E-state index contributed by atoms with van der Waals surface area (Å²) in [6.07, 6.45) is 0.901. The highest BCUT2D eigenvalue weighted by molar-refractivity contribution is 7.14. The first-order valence-electron chi connectivity index (χ1n) is 6.80. The number of fused-ring (bicyclic) bond motifs is 1. The first kappa shape index (κ1) is 13.3. The van der Waals surface area contributed by atoms with Crippen molar-refractivity contribution >= 4 is 11.3 Å². The van der Waals surface area contributed by atoms with E-state index in [9.17, 15) is 0 Å². The van der Waals surface area contributed by atoms with Gasteiger partial charge in [-0.05, 0) is 18.7 Å². The zero-order chi connectivity index (χ0) is 13.8. The van der Waals surface area contributed by atoms with E-state index in [4.69, 9.17) is 9.47 Å². The number of nitrogens with zero attached hydrogens (tertiary/aromatic N) is 2. The van der Waals surface area contributed by atoms with Crippen LogP contribution in [0, 0.1) is 0 Å². The lowest BCUT2D eigenvalue weighted by atomic mass is 10.2. The molecule has 106 valence electrons. The van der Waals surface area contributed by atoms with Crippen molar-refractivity contribution in [3.63, 3.8) is 0 Å². The van der Waals surface area contributed by atoms with Crippen LogP contribution in [0.3, 0.4) is 0 Å². The maximum Gasteiger partial charge on any atom is 0.171 e. The van der Waals surface area contributed by atoms with Crippen molar-refractivity contribution in [2.45, 2.75) is 13.3 Å². The average molecular weight is 291 g/mol. The van der Waals surface area contributed by atoms with Gasteiger partial charge in [-0.2, -0.15) is 0 Å². The van der Waals surface area contributed by atoms with Crippen molar-refractivity contribution in [1.82, 2.24) is 15.5 Å². The van der Waals surface area contributed by atoms with E-state index < -0.39 is 0 Å². The molecule has 20 heavy (non-hydrogen) atoms. The number of aromatic nitrogens is 2. The van der Waals surface area contributed by atoms with Crippen LogP contribution in [-0.2, 0) is 6.42 Å². The zero-order valence-corrected chi connectivity index (χ0v) is 12.2. The smallest absolute Gasteiger partial charge is 0.171 e. The summed E-state index contributed by atoms with van der Waals surface area (Å²) in [5.41, 5.74) is 0.967. The summed E-state index contributed by atoms with van der Waals surface area (Å²) >= 11 is 1.61. The van der Waals surface area contributed by atoms with Crippen LogP contribution in [0.25, 0.3) is 10.6 Å². The summed E-state index contributed by atoms with van der Waals surface area (Å²) in [5, 5.41) is 13.7. The van der Waals surface area contributed by atoms with Gasteiger partial charge in [0, 0.05) is 13.0 Å². The molecule has 6 heteroatoms. The number of hydrogen-bond acceptors (Lipinski definition) is 6. The van der Waals surface area contributed by atoms with Crippen LogP contribution in [0.1, 0.15) is 11.9 Å². The first-order valence-corrected chi connectivity index (χ1v) is 7.62. The first-order chi connectivity index (χ1) is 9.88. The van der Waals surface area contributed by atoms with Crippen molar-refractivity contribution < 1.29 is 9.47 Å². The molecule has 0 bridgehead atoms. The monoisotopic (exact) mass is 291 g/mol. The van der Waals surface area contributed by atoms with Crippen molar-refractivity contribution in [3.8, 4) is 22.1 Å². The van der Waals surface area contributed by atoms with Gasteiger partial charge in [-0.3, -0.25) is 0 Å². The molecule has 0 unspecified atom stereocenters. The Morgan fingerprint density at radius 1 is 1.25 bits per heavy atom. The summed E-state index contributed by atoms with van der Waals surface area (Å²) in [6, 6.07) is 5.88. The van der Waals surface area contributed by atoms with Gasteiger partial charge in [-0.25, -0.2) is 0 Å². The summed E-state index contributed by atoms with van der Waals surface area (Å²) < 4.78 is 11.3. The topological polar surface area (TPSA) is 56.3 Å².